The Balaban J connectivity index is 1.45. The van der Waals surface area contributed by atoms with Crippen molar-refractivity contribution in [3.05, 3.63) is 71.8 Å². The Morgan fingerprint density at radius 2 is 1.61 bits per heavy atom. The van der Waals surface area contributed by atoms with Gasteiger partial charge in [0, 0.05) is 5.69 Å². The van der Waals surface area contributed by atoms with Crippen molar-refractivity contribution >= 4 is 35.0 Å². The Bertz CT molecular complexity index is 1070. The fourth-order valence-electron chi connectivity index (χ4n) is 4.07. The molecule has 0 aromatic heterocycles. The number of rotatable bonds is 5. The zero-order valence-electron chi connectivity index (χ0n) is 17.1. The lowest BCUT2D eigenvalue weighted by molar-refractivity contribution is -0.142. The molecular weight excluding hydrogens is 394 g/mol. The first kappa shape index (κ1) is 20.5. The van der Waals surface area contributed by atoms with Gasteiger partial charge in [-0.25, -0.2) is 0 Å². The van der Waals surface area contributed by atoms with Crippen LogP contribution in [-0.4, -0.2) is 35.1 Å². The predicted octanol–water partition coefficient (Wildman–Crippen LogP) is 3.14. The molecule has 2 atom stereocenters. The lowest BCUT2D eigenvalue weighted by Gasteiger charge is -2.16. The number of aryl methyl sites for hydroxylation is 1. The van der Waals surface area contributed by atoms with Gasteiger partial charge in [0.15, 0.2) is 0 Å². The summed E-state index contributed by atoms with van der Waals surface area (Å²) in [6.07, 6.45) is 4.85. The summed E-state index contributed by atoms with van der Waals surface area (Å²) < 4.78 is 0. The molecule has 0 bridgehead atoms. The summed E-state index contributed by atoms with van der Waals surface area (Å²) in [7, 11) is 0. The Hall–Kier alpha value is -3.74. The summed E-state index contributed by atoms with van der Waals surface area (Å²) in [6.45, 7) is 1.56. The smallest absolute Gasteiger partial charge is 0.257 e. The predicted molar refractivity (Wildman–Crippen MR) is 116 cm³/mol. The van der Waals surface area contributed by atoms with Crippen LogP contribution in [0.1, 0.15) is 28.8 Å². The van der Waals surface area contributed by atoms with Gasteiger partial charge in [-0.1, -0.05) is 36.4 Å². The van der Waals surface area contributed by atoms with Gasteiger partial charge < -0.3 is 10.6 Å². The molecule has 0 saturated carbocycles. The monoisotopic (exact) mass is 417 g/mol. The average Bonchev–Trinajstić information content (AvgIpc) is 2.99. The largest absolute Gasteiger partial charge is 0.324 e. The van der Waals surface area contributed by atoms with Crippen molar-refractivity contribution in [1.82, 2.24) is 4.90 Å². The number of benzene rings is 2. The molecule has 1 heterocycles. The van der Waals surface area contributed by atoms with Crippen LogP contribution >= 0.6 is 0 Å². The van der Waals surface area contributed by atoms with Crippen molar-refractivity contribution < 1.29 is 19.2 Å². The molecule has 0 spiro atoms. The van der Waals surface area contributed by atoms with Gasteiger partial charge in [-0.2, -0.15) is 0 Å². The first-order valence-electron chi connectivity index (χ1n) is 10.2. The quantitative estimate of drug-likeness (QED) is 0.577. The number of hydrogen-bond donors (Lipinski definition) is 2. The van der Waals surface area contributed by atoms with Gasteiger partial charge in [-0.3, -0.25) is 24.1 Å². The van der Waals surface area contributed by atoms with Crippen molar-refractivity contribution in [2.45, 2.75) is 19.8 Å². The molecule has 158 valence electrons. The van der Waals surface area contributed by atoms with E-state index in [9.17, 15) is 19.2 Å². The van der Waals surface area contributed by atoms with Crippen LogP contribution in [0.15, 0.2) is 60.7 Å². The van der Waals surface area contributed by atoms with Gasteiger partial charge in [0.2, 0.25) is 17.7 Å². The Labute approximate surface area is 180 Å². The Morgan fingerprint density at radius 1 is 0.935 bits per heavy atom. The van der Waals surface area contributed by atoms with Crippen LogP contribution in [0.3, 0.4) is 0 Å². The highest BCUT2D eigenvalue weighted by Gasteiger charge is 2.47. The number of carbonyl (C=O) groups excluding carboxylic acids is 4. The zero-order valence-corrected chi connectivity index (χ0v) is 17.1. The number of fused-ring (bicyclic) bond motifs is 1. The summed E-state index contributed by atoms with van der Waals surface area (Å²) in [5.74, 6) is -2.26. The van der Waals surface area contributed by atoms with Gasteiger partial charge in [0.1, 0.15) is 6.54 Å². The molecule has 7 heteroatoms. The molecule has 0 unspecified atom stereocenters. The lowest BCUT2D eigenvalue weighted by atomic mass is 9.85. The molecule has 4 rings (SSSR count). The molecule has 2 aromatic carbocycles. The van der Waals surface area contributed by atoms with Crippen molar-refractivity contribution in [3.8, 4) is 0 Å². The van der Waals surface area contributed by atoms with Crippen molar-refractivity contribution in [2.24, 2.45) is 11.8 Å². The van der Waals surface area contributed by atoms with Crippen molar-refractivity contribution in [3.63, 3.8) is 0 Å². The number of hydrogen-bond acceptors (Lipinski definition) is 4. The first-order chi connectivity index (χ1) is 14.9. The second-order valence-electron chi connectivity index (χ2n) is 7.84. The molecule has 1 aliphatic carbocycles. The van der Waals surface area contributed by atoms with Gasteiger partial charge in [-0.05, 0) is 49.6 Å². The molecule has 1 fully saturated rings. The Morgan fingerprint density at radius 3 is 2.29 bits per heavy atom. The van der Waals surface area contributed by atoms with Gasteiger partial charge in [-0.15, -0.1) is 0 Å². The highest BCUT2D eigenvalue weighted by molar-refractivity contribution is 6.12. The van der Waals surface area contributed by atoms with Crippen LogP contribution in [0.4, 0.5) is 11.4 Å². The maximum Gasteiger partial charge on any atom is 0.257 e. The SMILES string of the molecule is Cc1cccc(NC(=O)c2ccccc2NC(=O)CN2C(=O)[C@H]3CC=CC[C@H]3C2=O)c1. The number of likely N-dealkylation sites (tertiary alicyclic amines) is 1. The van der Waals surface area contributed by atoms with E-state index in [-0.39, 0.29) is 41.7 Å². The third-order valence-electron chi connectivity index (χ3n) is 5.62. The number of allylic oxidation sites excluding steroid dienone is 2. The highest BCUT2D eigenvalue weighted by atomic mass is 16.2. The molecule has 1 saturated heterocycles. The van der Waals surface area contributed by atoms with E-state index < -0.39 is 5.91 Å². The molecular formula is C24H23N3O4. The lowest BCUT2D eigenvalue weighted by Crippen LogP contribution is -2.38. The van der Waals surface area contributed by atoms with Crippen molar-refractivity contribution in [2.75, 3.05) is 17.2 Å². The van der Waals surface area contributed by atoms with E-state index in [1.165, 1.54) is 0 Å². The third-order valence-corrected chi connectivity index (χ3v) is 5.62. The van der Waals surface area contributed by atoms with E-state index in [1.54, 1.807) is 30.3 Å². The van der Waals surface area contributed by atoms with Crippen LogP contribution in [0.5, 0.6) is 0 Å². The standard InChI is InChI=1S/C24H23N3O4/c1-15-7-6-8-16(13-15)25-22(29)19-11-4-5-12-20(19)26-21(28)14-27-23(30)17-9-2-3-10-18(17)24(27)31/h2-8,11-13,17-18H,9-10,14H2,1H3,(H,25,29)(H,26,28)/t17-,18+. The topological polar surface area (TPSA) is 95.6 Å². The third kappa shape index (κ3) is 4.26. The number of amides is 4. The fraction of sp³-hybridized carbons (Fsp3) is 0.250. The normalized spacial score (nSPS) is 19.8. The average molecular weight is 417 g/mol. The zero-order chi connectivity index (χ0) is 22.0. The number of carbonyl (C=O) groups is 4. The minimum absolute atomic E-state index is 0.286. The van der Waals surface area contributed by atoms with Crippen LogP contribution in [0.25, 0.3) is 0 Å². The summed E-state index contributed by atoms with van der Waals surface area (Å²) in [5.41, 5.74) is 2.26. The van der Waals surface area contributed by atoms with Crippen molar-refractivity contribution in [1.29, 1.82) is 0 Å². The summed E-state index contributed by atoms with van der Waals surface area (Å²) in [4.78, 5) is 51.6. The summed E-state index contributed by atoms with van der Waals surface area (Å²) in [6, 6.07) is 14.0. The van der Waals surface area contributed by atoms with Crippen LogP contribution < -0.4 is 10.6 Å². The molecule has 31 heavy (non-hydrogen) atoms. The number of anilines is 2. The molecule has 0 radical (unpaired) electrons. The summed E-state index contributed by atoms with van der Waals surface area (Å²) >= 11 is 0. The number of nitrogens with zero attached hydrogens (tertiary/aromatic N) is 1. The number of nitrogens with one attached hydrogen (secondary N) is 2. The van der Waals surface area contributed by atoms with Crippen LogP contribution in [0, 0.1) is 18.8 Å². The van der Waals surface area contributed by atoms with Gasteiger partial charge >= 0.3 is 0 Å². The second kappa shape index (κ2) is 8.55. The van der Waals surface area contributed by atoms with E-state index >= 15 is 0 Å². The van der Waals surface area contributed by atoms with E-state index in [2.05, 4.69) is 10.6 Å². The first-order valence-corrected chi connectivity index (χ1v) is 10.2. The summed E-state index contributed by atoms with van der Waals surface area (Å²) in [5, 5.41) is 5.49. The van der Waals surface area contributed by atoms with E-state index in [4.69, 9.17) is 0 Å². The number of imide groups is 1. The molecule has 4 amide bonds. The molecule has 2 aromatic rings. The maximum atomic E-state index is 12.8. The molecule has 2 aliphatic rings. The molecule has 1 aliphatic heterocycles. The Kier molecular flexibility index (Phi) is 5.66. The maximum absolute atomic E-state index is 12.8. The number of para-hydroxylation sites is 1. The fourth-order valence-corrected chi connectivity index (χ4v) is 4.07. The molecule has 7 nitrogen and oxygen atoms in total. The minimum Gasteiger partial charge on any atom is -0.324 e. The van der Waals surface area contributed by atoms with Crippen LogP contribution in [-0.2, 0) is 14.4 Å². The van der Waals surface area contributed by atoms with E-state index in [0.717, 1.165) is 10.5 Å². The highest BCUT2D eigenvalue weighted by Crippen LogP contribution is 2.34. The second-order valence-corrected chi connectivity index (χ2v) is 7.84. The van der Waals surface area contributed by atoms with Gasteiger partial charge in [0.05, 0.1) is 23.1 Å². The van der Waals surface area contributed by atoms with Gasteiger partial charge in [0.25, 0.3) is 5.91 Å². The minimum atomic E-state index is -0.524. The van der Waals surface area contributed by atoms with E-state index in [0.29, 0.717) is 24.2 Å². The van der Waals surface area contributed by atoms with E-state index in [1.807, 2.05) is 37.3 Å². The molecule has 2 N–H and O–H groups in total. The van der Waals surface area contributed by atoms with Crippen LogP contribution in [0.2, 0.25) is 0 Å².